The normalized spacial score (nSPS) is 45.3. The first-order chi connectivity index (χ1) is 14.8. The second-order valence-corrected chi connectivity index (χ2v) is 26.7. The fourth-order valence-electron chi connectivity index (χ4n) is 10.4. The number of hydrogen-bond acceptors (Lipinski definition) is 0. The van der Waals surface area contributed by atoms with Crippen LogP contribution in [0.5, 0.6) is 0 Å². The Hall–Kier alpha value is 0.297. The van der Waals surface area contributed by atoms with E-state index < -0.39 is 15.3 Å². The molecule has 6 saturated heterocycles. The standard InChI is InChI=1S/C28H44P2Si/c1-31(2,3)18-19-4-5-26(28-25-10-20-6-21(11-25)14-29(28)13-20)27(12-19)30-15-22-7-23(16-30)9-24(8-22)17-30/h4-5,12,20-25,28,30H,6-11,13-18H2,1-3H3. The van der Waals surface area contributed by atoms with Crippen LogP contribution in [0.1, 0.15) is 55.3 Å². The summed E-state index contributed by atoms with van der Waals surface area (Å²) in [5, 5.41) is 2.07. The van der Waals surface area contributed by atoms with Crippen molar-refractivity contribution in [3.8, 4) is 0 Å². The summed E-state index contributed by atoms with van der Waals surface area (Å²) in [5.74, 6) is 6.70. The predicted molar refractivity (Wildman–Crippen MR) is 144 cm³/mol. The summed E-state index contributed by atoms with van der Waals surface area (Å²) in [5.41, 5.74) is 4.72. The molecule has 2 aliphatic carbocycles. The average Bonchev–Trinajstić information content (AvgIpc) is 2.66. The van der Waals surface area contributed by atoms with Crippen LogP contribution < -0.4 is 5.30 Å². The molecule has 9 rings (SSSR count). The van der Waals surface area contributed by atoms with E-state index in [0.717, 1.165) is 41.2 Å². The van der Waals surface area contributed by atoms with Gasteiger partial charge in [-0.15, -0.1) is 0 Å². The van der Waals surface area contributed by atoms with Gasteiger partial charge in [0.15, 0.2) is 0 Å². The van der Waals surface area contributed by atoms with E-state index in [1.165, 1.54) is 6.04 Å². The fourth-order valence-corrected chi connectivity index (χ4v) is 22.7. The SMILES string of the molecule is C[Si](C)(C)Cc1ccc(C2C3CC4CC(C3)CP2C4)c([PH]23CC4CC(CC(C4)C2)C3)c1. The number of hydrogen-bond donors (Lipinski definition) is 0. The molecule has 3 atom stereocenters. The van der Waals surface area contributed by atoms with E-state index in [-0.39, 0.29) is 7.92 Å². The van der Waals surface area contributed by atoms with Gasteiger partial charge in [-0.3, -0.25) is 0 Å². The third-order valence-electron chi connectivity index (χ3n) is 10.5. The van der Waals surface area contributed by atoms with Gasteiger partial charge in [0.25, 0.3) is 0 Å². The van der Waals surface area contributed by atoms with Crippen LogP contribution in [0.25, 0.3) is 0 Å². The first-order valence-corrected chi connectivity index (χ1v) is 21.8. The zero-order valence-corrected chi connectivity index (χ0v) is 23.1. The van der Waals surface area contributed by atoms with Gasteiger partial charge in [0, 0.05) is 0 Å². The van der Waals surface area contributed by atoms with Crippen LogP contribution >= 0.6 is 15.2 Å². The van der Waals surface area contributed by atoms with E-state index >= 15 is 0 Å². The molecule has 0 aromatic heterocycles. The van der Waals surface area contributed by atoms with Crippen LogP contribution in [0.15, 0.2) is 18.2 Å². The van der Waals surface area contributed by atoms with Crippen LogP contribution in [0, 0.1) is 35.5 Å². The Morgan fingerprint density at radius 2 is 1.39 bits per heavy atom. The van der Waals surface area contributed by atoms with E-state index in [1.54, 1.807) is 74.9 Å². The quantitative estimate of drug-likeness (QED) is 0.324. The molecule has 8 fully saturated rings. The Labute approximate surface area is 193 Å². The van der Waals surface area contributed by atoms with E-state index in [0.29, 0.717) is 0 Å². The van der Waals surface area contributed by atoms with Crippen molar-refractivity contribution in [2.24, 2.45) is 35.5 Å². The molecule has 0 nitrogen and oxygen atoms in total. The minimum absolute atomic E-state index is 0.286. The average molecular weight is 471 g/mol. The number of rotatable bonds is 4. The Bertz CT molecular complexity index is 820. The van der Waals surface area contributed by atoms with Crippen molar-refractivity contribution in [3.63, 3.8) is 0 Å². The summed E-state index contributed by atoms with van der Waals surface area (Å²) in [6, 6.07) is 9.70. The second-order valence-electron chi connectivity index (χ2n) is 14.5. The molecule has 1 aromatic rings. The van der Waals surface area contributed by atoms with Gasteiger partial charge >= 0.3 is 194 Å². The molecule has 8 bridgehead atoms. The molecule has 6 aliphatic heterocycles. The molecule has 170 valence electrons. The van der Waals surface area contributed by atoms with Crippen LogP contribution in [-0.4, -0.2) is 38.9 Å². The van der Waals surface area contributed by atoms with Crippen LogP contribution in [0.3, 0.4) is 0 Å². The molecule has 0 amide bonds. The summed E-state index contributed by atoms with van der Waals surface area (Å²) in [4.78, 5) is 0. The van der Waals surface area contributed by atoms with Crippen molar-refractivity contribution in [2.45, 2.75) is 69.9 Å². The Balaban J connectivity index is 1.33. The molecule has 3 unspecified atom stereocenters. The van der Waals surface area contributed by atoms with Gasteiger partial charge in [0.1, 0.15) is 0 Å². The van der Waals surface area contributed by atoms with Crippen molar-refractivity contribution in [2.75, 3.05) is 30.8 Å². The maximum atomic E-state index is 2.90. The summed E-state index contributed by atoms with van der Waals surface area (Å²) in [6.07, 6.45) is 18.0. The molecule has 8 aliphatic rings. The zero-order valence-electron chi connectivity index (χ0n) is 20.2. The molecule has 0 spiro atoms. The molecule has 31 heavy (non-hydrogen) atoms. The van der Waals surface area contributed by atoms with E-state index in [9.17, 15) is 0 Å². The van der Waals surface area contributed by atoms with Gasteiger partial charge in [0.2, 0.25) is 0 Å². The first kappa shape index (κ1) is 20.7. The van der Waals surface area contributed by atoms with Crippen molar-refractivity contribution in [1.82, 2.24) is 0 Å². The molecular formula is C28H44P2Si. The van der Waals surface area contributed by atoms with E-state index in [4.69, 9.17) is 0 Å². The Morgan fingerprint density at radius 3 is 1.94 bits per heavy atom. The minimum atomic E-state index is -1.29. The van der Waals surface area contributed by atoms with Gasteiger partial charge in [0.05, 0.1) is 0 Å². The van der Waals surface area contributed by atoms with Crippen molar-refractivity contribution < 1.29 is 0 Å². The van der Waals surface area contributed by atoms with Gasteiger partial charge < -0.3 is 0 Å². The van der Waals surface area contributed by atoms with Crippen molar-refractivity contribution in [1.29, 1.82) is 0 Å². The molecule has 0 N–H and O–H groups in total. The third kappa shape index (κ3) is 3.50. The molecule has 6 heterocycles. The molecular weight excluding hydrogens is 426 g/mol. The Morgan fingerprint density at radius 1 is 0.806 bits per heavy atom. The van der Waals surface area contributed by atoms with Crippen LogP contribution in [-0.2, 0) is 6.04 Å². The molecule has 3 heteroatoms. The van der Waals surface area contributed by atoms with Crippen LogP contribution in [0.2, 0.25) is 19.6 Å². The molecule has 0 radical (unpaired) electrons. The van der Waals surface area contributed by atoms with E-state index in [2.05, 4.69) is 43.1 Å². The van der Waals surface area contributed by atoms with E-state index in [1.807, 2.05) is 5.56 Å². The zero-order chi connectivity index (χ0) is 21.0. The summed E-state index contributed by atoms with van der Waals surface area (Å²) >= 11 is 0. The predicted octanol–water partition coefficient (Wildman–Crippen LogP) is 7.12. The van der Waals surface area contributed by atoms with Gasteiger partial charge in [-0.05, 0) is 0 Å². The van der Waals surface area contributed by atoms with Crippen molar-refractivity contribution in [3.05, 3.63) is 29.3 Å². The summed E-state index contributed by atoms with van der Waals surface area (Å²) in [7, 11) is -2.07. The maximum absolute atomic E-state index is 2.90. The van der Waals surface area contributed by atoms with Gasteiger partial charge in [-0.1, -0.05) is 0 Å². The molecule has 1 aromatic carbocycles. The van der Waals surface area contributed by atoms with Gasteiger partial charge in [-0.25, -0.2) is 0 Å². The Kier molecular flexibility index (Phi) is 4.76. The fraction of sp³-hybridized carbons (Fsp3) is 0.786. The van der Waals surface area contributed by atoms with Crippen molar-refractivity contribution >= 4 is 28.6 Å². The first-order valence-electron chi connectivity index (χ1n) is 13.7. The number of benzene rings is 1. The summed E-state index contributed by atoms with van der Waals surface area (Å²) in [6.45, 7) is 7.72. The molecule has 2 saturated carbocycles. The monoisotopic (exact) mass is 470 g/mol. The van der Waals surface area contributed by atoms with Gasteiger partial charge in [-0.2, -0.15) is 0 Å². The topological polar surface area (TPSA) is 0 Å². The van der Waals surface area contributed by atoms with Crippen LogP contribution in [0.4, 0.5) is 0 Å². The third-order valence-corrected chi connectivity index (χ3v) is 21.1. The second kappa shape index (κ2) is 7.15. The summed E-state index contributed by atoms with van der Waals surface area (Å²) < 4.78 is 0.